The molecule has 1 aliphatic carbocycles. The van der Waals surface area contributed by atoms with E-state index >= 15 is 0 Å². The molecule has 2 aromatic heterocycles. The molecule has 1 aromatic carbocycles. The Labute approximate surface area is 173 Å². The fourth-order valence-corrected chi connectivity index (χ4v) is 4.79. The lowest BCUT2D eigenvalue weighted by Gasteiger charge is -2.28. The van der Waals surface area contributed by atoms with Crippen LogP contribution in [0.1, 0.15) is 53.2 Å². The van der Waals surface area contributed by atoms with Gasteiger partial charge in [-0.1, -0.05) is 6.07 Å². The lowest BCUT2D eigenvalue weighted by molar-refractivity contribution is 0.0776. The highest BCUT2D eigenvalue weighted by molar-refractivity contribution is 5.99. The zero-order valence-electron chi connectivity index (χ0n) is 16.6. The van der Waals surface area contributed by atoms with Crippen molar-refractivity contribution in [3.05, 3.63) is 59.2 Å². The van der Waals surface area contributed by atoms with Gasteiger partial charge >= 0.3 is 0 Å². The van der Waals surface area contributed by atoms with E-state index in [1.165, 1.54) is 0 Å². The lowest BCUT2D eigenvalue weighted by atomic mass is 9.96. The first-order valence-electron chi connectivity index (χ1n) is 10.6. The third-order valence-electron chi connectivity index (χ3n) is 6.47. The second-order valence-corrected chi connectivity index (χ2v) is 8.42. The summed E-state index contributed by atoms with van der Waals surface area (Å²) in [6, 6.07) is 7.49. The Kier molecular flexibility index (Phi) is 4.02. The predicted molar refractivity (Wildman–Crippen MR) is 110 cm³/mol. The van der Waals surface area contributed by atoms with Crippen molar-refractivity contribution in [1.82, 2.24) is 25.0 Å². The molecule has 8 heteroatoms. The van der Waals surface area contributed by atoms with E-state index in [4.69, 9.17) is 4.98 Å². The zero-order chi connectivity index (χ0) is 20.2. The van der Waals surface area contributed by atoms with Crippen molar-refractivity contribution >= 4 is 17.4 Å². The maximum absolute atomic E-state index is 14.2. The highest BCUT2D eigenvalue weighted by Gasteiger charge is 2.33. The number of anilines is 1. The number of amides is 1. The van der Waals surface area contributed by atoms with E-state index in [-0.39, 0.29) is 17.8 Å². The van der Waals surface area contributed by atoms with Gasteiger partial charge in [0.05, 0.1) is 12.2 Å². The van der Waals surface area contributed by atoms with Crippen molar-refractivity contribution in [3.8, 4) is 0 Å². The average Bonchev–Trinajstić information content (AvgIpc) is 3.32. The lowest BCUT2D eigenvalue weighted by Crippen LogP contribution is -2.44. The van der Waals surface area contributed by atoms with Crippen molar-refractivity contribution in [3.63, 3.8) is 0 Å². The smallest absolute Gasteiger partial charge is 0.271 e. The van der Waals surface area contributed by atoms with Crippen LogP contribution in [-0.4, -0.2) is 44.6 Å². The molecule has 0 unspecified atom stereocenters. The molecule has 2 fully saturated rings. The van der Waals surface area contributed by atoms with E-state index in [0.29, 0.717) is 23.8 Å². The molecule has 3 aliphatic rings. The molecule has 0 radical (unpaired) electrons. The number of rotatable bonds is 1. The molecule has 2 bridgehead atoms. The Morgan fingerprint density at radius 2 is 2.03 bits per heavy atom. The van der Waals surface area contributed by atoms with Gasteiger partial charge in [-0.05, 0) is 61.4 Å². The Morgan fingerprint density at radius 1 is 1.13 bits per heavy atom. The van der Waals surface area contributed by atoms with Crippen molar-refractivity contribution in [2.75, 3.05) is 18.0 Å². The number of hydrogen-bond donors (Lipinski definition) is 1. The van der Waals surface area contributed by atoms with Crippen molar-refractivity contribution < 1.29 is 9.18 Å². The molecule has 1 atom stereocenters. The van der Waals surface area contributed by atoms with Gasteiger partial charge < -0.3 is 4.90 Å². The van der Waals surface area contributed by atoms with Gasteiger partial charge in [-0.2, -0.15) is 5.10 Å². The van der Waals surface area contributed by atoms with E-state index in [1.807, 2.05) is 23.3 Å². The third kappa shape index (κ3) is 2.94. The fraction of sp³-hybridized carbons (Fsp3) is 0.409. The van der Waals surface area contributed by atoms with Crippen LogP contribution < -0.4 is 10.3 Å². The molecule has 7 nitrogen and oxygen atoms in total. The minimum atomic E-state index is -0.209. The summed E-state index contributed by atoms with van der Waals surface area (Å²) in [5.74, 6) is 0.407. The van der Waals surface area contributed by atoms with Crippen molar-refractivity contribution in [1.29, 1.82) is 0 Å². The van der Waals surface area contributed by atoms with E-state index in [0.717, 1.165) is 55.6 Å². The van der Waals surface area contributed by atoms with E-state index in [2.05, 4.69) is 15.4 Å². The van der Waals surface area contributed by atoms with Crippen LogP contribution in [0.3, 0.4) is 0 Å². The topological polar surface area (TPSA) is 65.8 Å². The molecule has 2 aliphatic heterocycles. The summed E-state index contributed by atoms with van der Waals surface area (Å²) in [6.45, 7) is 1.55. The van der Waals surface area contributed by atoms with E-state index in [9.17, 15) is 9.18 Å². The van der Waals surface area contributed by atoms with Crippen LogP contribution in [0.2, 0.25) is 0 Å². The fourth-order valence-electron chi connectivity index (χ4n) is 4.79. The van der Waals surface area contributed by atoms with Crippen LogP contribution in [0.25, 0.3) is 5.65 Å². The molecule has 1 saturated heterocycles. The minimum Gasteiger partial charge on any atom is -0.349 e. The van der Waals surface area contributed by atoms with Crippen LogP contribution in [0.15, 0.2) is 36.7 Å². The predicted octanol–water partition coefficient (Wildman–Crippen LogP) is 2.88. The molecule has 0 spiro atoms. The van der Waals surface area contributed by atoms with Gasteiger partial charge in [-0.25, -0.2) is 18.9 Å². The number of halogens is 1. The molecule has 6 rings (SSSR count). The molecule has 30 heavy (non-hydrogen) atoms. The number of fused-ring (bicyclic) bond motifs is 5. The number of aromatic nitrogens is 3. The van der Waals surface area contributed by atoms with Crippen molar-refractivity contribution in [2.45, 2.75) is 44.2 Å². The normalized spacial score (nSPS) is 22.2. The van der Waals surface area contributed by atoms with Crippen LogP contribution in [0.4, 0.5) is 10.2 Å². The maximum Gasteiger partial charge on any atom is 0.271 e. The van der Waals surface area contributed by atoms with Crippen LogP contribution >= 0.6 is 0 Å². The monoisotopic (exact) mass is 406 g/mol. The number of carbonyl (C=O) groups excluding carboxylic acids is 1. The van der Waals surface area contributed by atoms with Gasteiger partial charge in [-0.3, -0.25) is 10.2 Å². The molecule has 154 valence electrons. The zero-order valence-corrected chi connectivity index (χ0v) is 16.6. The SMILES string of the molecule is O=C1NN(C2CC2)CCc2ccc(F)cc2[C@H]2CCCN2c2ccn3ncc1c3n2. The Hall–Kier alpha value is -3.00. The number of hydrazine groups is 1. The van der Waals surface area contributed by atoms with Crippen molar-refractivity contribution in [2.24, 2.45) is 0 Å². The van der Waals surface area contributed by atoms with Crippen LogP contribution in [-0.2, 0) is 6.42 Å². The maximum atomic E-state index is 14.2. The summed E-state index contributed by atoms with van der Waals surface area (Å²) in [6.07, 6.45) is 8.30. The summed E-state index contributed by atoms with van der Waals surface area (Å²) in [5.41, 5.74) is 6.27. The largest absolute Gasteiger partial charge is 0.349 e. The minimum absolute atomic E-state index is 0.0795. The second-order valence-electron chi connectivity index (χ2n) is 8.42. The number of nitrogens with zero attached hydrogens (tertiary/aromatic N) is 5. The number of hydrogen-bond acceptors (Lipinski definition) is 5. The number of nitrogens with one attached hydrogen (secondary N) is 1. The summed E-state index contributed by atoms with van der Waals surface area (Å²) >= 11 is 0. The molecule has 1 amide bonds. The Balaban J connectivity index is 1.51. The standard InChI is InChI=1S/C22H23FN6O/c23-15-4-3-14-7-10-28(16-5-6-16)26-22(30)18-13-24-29-11-8-20(25-21(18)29)27-9-1-2-19(27)17(14)12-15/h3-4,8,11-13,16,19H,1-2,5-7,9-10H2,(H,26,30)/t19-/m1/s1. The molecular weight excluding hydrogens is 383 g/mol. The van der Waals surface area contributed by atoms with Crippen LogP contribution in [0, 0.1) is 5.82 Å². The first-order valence-corrected chi connectivity index (χ1v) is 10.6. The van der Waals surface area contributed by atoms with Crippen LogP contribution in [0.5, 0.6) is 0 Å². The van der Waals surface area contributed by atoms with Gasteiger partial charge in [0.2, 0.25) is 0 Å². The van der Waals surface area contributed by atoms with Gasteiger partial charge in [0.15, 0.2) is 5.65 Å². The first kappa shape index (κ1) is 17.8. The second kappa shape index (κ2) is 6.77. The Bertz CT molecular complexity index is 1140. The van der Waals surface area contributed by atoms with E-state index < -0.39 is 0 Å². The summed E-state index contributed by atoms with van der Waals surface area (Å²) in [5, 5.41) is 6.34. The third-order valence-corrected chi connectivity index (χ3v) is 6.47. The Morgan fingerprint density at radius 3 is 2.90 bits per heavy atom. The quantitative estimate of drug-likeness (QED) is 0.673. The molecule has 1 saturated carbocycles. The number of benzene rings is 1. The van der Waals surface area contributed by atoms with Gasteiger partial charge in [0.1, 0.15) is 17.2 Å². The average molecular weight is 406 g/mol. The summed E-state index contributed by atoms with van der Waals surface area (Å²) in [4.78, 5) is 20.1. The number of carbonyl (C=O) groups is 1. The highest BCUT2D eigenvalue weighted by Crippen LogP contribution is 2.38. The van der Waals surface area contributed by atoms with Gasteiger partial charge in [-0.15, -0.1) is 0 Å². The van der Waals surface area contributed by atoms with Gasteiger partial charge in [0.25, 0.3) is 5.91 Å². The van der Waals surface area contributed by atoms with Gasteiger partial charge in [0, 0.05) is 25.3 Å². The summed E-state index contributed by atoms with van der Waals surface area (Å²) < 4.78 is 15.9. The van der Waals surface area contributed by atoms with E-state index in [1.54, 1.807) is 22.8 Å². The summed E-state index contributed by atoms with van der Waals surface area (Å²) in [7, 11) is 0. The highest BCUT2D eigenvalue weighted by atomic mass is 19.1. The molecule has 1 N–H and O–H groups in total. The molecule has 4 heterocycles. The first-order chi connectivity index (χ1) is 14.7. The molecular formula is C22H23FN6O. The molecule has 3 aromatic rings.